The predicted octanol–water partition coefficient (Wildman–Crippen LogP) is 5.61. The fraction of sp³-hybridized carbons (Fsp3) is 0.276. The lowest BCUT2D eigenvalue weighted by molar-refractivity contribution is -0.275. The molecule has 1 unspecified atom stereocenters. The van der Waals surface area contributed by atoms with E-state index in [2.05, 4.69) is 10.5 Å². The van der Waals surface area contributed by atoms with Gasteiger partial charge in [-0.1, -0.05) is 64.8 Å². The van der Waals surface area contributed by atoms with Gasteiger partial charge in [-0.2, -0.15) is 25.9 Å². The number of halogens is 6. The predicted molar refractivity (Wildman–Crippen MR) is 159 cm³/mol. The Kier molecular flexibility index (Phi) is 9.23. The minimum atomic E-state index is -4.99. The average Bonchev–Trinajstić information content (AvgIpc) is 3.44. The van der Waals surface area contributed by atoms with Crippen molar-refractivity contribution in [3.05, 3.63) is 104 Å². The smallest absolute Gasteiger partial charge is 0.435 e. The second kappa shape index (κ2) is 12.7. The van der Waals surface area contributed by atoms with Crippen molar-refractivity contribution in [3.63, 3.8) is 0 Å². The first-order valence-electron chi connectivity index (χ1n) is 13.5. The third-order valence-corrected chi connectivity index (χ3v) is 9.34. The largest absolute Gasteiger partial charge is 0.444 e. The van der Waals surface area contributed by atoms with Crippen LogP contribution in [0, 0.1) is 12.7 Å². The summed E-state index contributed by atoms with van der Waals surface area (Å²) in [5, 5.41) is 5.13. The molecule has 17 heteroatoms. The van der Waals surface area contributed by atoms with Crippen molar-refractivity contribution in [1.29, 1.82) is 0 Å². The zero-order chi connectivity index (χ0) is 33.4. The third-order valence-electron chi connectivity index (χ3n) is 7.39. The van der Waals surface area contributed by atoms with Gasteiger partial charge < -0.3 is 14.9 Å². The Labute approximate surface area is 270 Å². The number of aryl methyl sites for hydroxylation is 1. The van der Waals surface area contributed by atoms with E-state index in [4.69, 9.17) is 32.8 Å². The van der Waals surface area contributed by atoms with Crippen LogP contribution in [0.3, 0.4) is 0 Å². The molecule has 2 aliphatic heterocycles. The summed E-state index contributed by atoms with van der Waals surface area (Å²) in [5.74, 6) is -1.62. The summed E-state index contributed by atoms with van der Waals surface area (Å²) in [5.41, 5.74) is -2.10. The van der Waals surface area contributed by atoms with Crippen LogP contribution in [0.1, 0.15) is 39.0 Å². The molecule has 2 heterocycles. The molecule has 1 saturated heterocycles. The Bertz CT molecular complexity index is 1800. The van der Waals surface area contributed by atoms with Crippen molar-refractivity contribution in [2.75, 3.05) is 13.1 Å². The monoisotopic (exact) mass is 702 g/mol. The maximum Gasteiger partial charge on any atom is 0.435 e. The number of alkyl halides is 3. The molecule has 244 valence electrons. The highest BCUT2D eigenvalue weighted by Gasteiger charge is 2.62. The van der Waals surface area contributed by atoms with Crippen molar-refractivity contribution in [2.45, 2.75) is 37.8 Å². The van der Waals surface area contributed by atoms with Crippen molar-refractivity contribution < 1.29 is 45.1 Å². The Morgan fingerprint density at radius 1 is 1.09 bits per heavy atom. The summed E-state index contributed by atoms with van der Waals surface area (Å²) in [7, 11) is -4.21. The minimum Gasteiger partial charge on any atom is -0.444 e. The van der Waals surface area contributed by atoms with Crippen LogP contribution in [0.25, 0.3) is 0 Å². The van der Waals surface area contributed by atoms with E-state index in [1.54, 1.807) is 37.3 Å². The molecule has 0 radical (unpaired) electrons. The fourth-order valence-corrected chi connectivity index (χ4v) is 6.49. The molecular weight excluding hydrogens is 679 g/mol. The number of benzene rings is 3. The summed E-state index contributed by atoms with van der Waals surface area (Å²) >= 11 is 11.5. The van der Waals surface area contributed by atoms with Gasteiger partial charge in [0.2, 0.25) is 0 Å². The van der Waals surface area contributed by atoms with Crippen LogP contribution in [0.15, 0.2) is 65.8 Å². The van der Waals surface area contributed by atoms with Gasteiger partial charge in [0, 0.05) is 30.6 Å². The number of rotatable bonds is 8. The molecule has 0 aromatic heterocycles. The first-order chi connectivity index (χ1) is 21.6. The van der Waals surface area contributed by atoms with Crippen molar-refractivity contribution in [2.24, 2.45) is 5.16 Å². The molecule has 2 aliphatic rings. The number of nitrogens with one attached hydrogen (secondary N) is 2. The maximum atomic E-state index is 14.3. The fourth-order valence-electron chi connectivity index (χ4n) is 4.86. The van der Waals surface area contributed by atoms with Gasteiger partial charge in [-0.25, -0.2) is 13.9 Å². The minimum absolute atomic E-state index is 0.0846. The molecule has 3 aromatic rings. The molecule has 5 rings (SSSR count). The van der Waals surface area contributed by atoms with E-state index in [1.807, 2.05) is 4.72 Å². The summed E-state index contributed by atoms with van der Waals surface area (Å²) in [6.07, 6.45) is -6.92. The molecule has 0 bridgehead atoms. The van der Waals surface area contributed by atoms with Gasteiger partial charge in [0.05, 0.1) is 21.8 Å². The molecular formula is C29H24Cl2F4N4O6S. The van der Waals surface area contributed by atoms with E-state index < -0.39 is 67.9 Å². The average molecular weight is 703 g/mol. The zero-order valence-electron chi connectivity index (χ0n) is 23.7. The third kappa shape index (κ3) is 6.77. The molecule has 0 aliphatic carbocycles. The first-order valence-corrected chi connectivity index (χ1v) is 15.7. The molecule has 0 saturated carbocycles. The molecule has 2 N–H and O–H groups in total. The molecule has 10 nitrogen and oxygen atoms in total. The second-order valence-corrected chi connectivity index (χ2v) is 13.1. The lowest BCUT2D eigenvalue weighted by Crippen LogP contribution is -2.63. The number of carbonyl (C=O) groups excluding carboxylic acids is 2. The Morgan fingerprint density at radius 3 is 2.35 bits per heavy atom. The molecule has 1 atom stereocenters. The van der Waals surface area contributed by atoms with E-state index in [0.29, 0.717) is 11.1 Å². The maximum absolute atomic E-state index is 14.3. The highest BCUT2D eigenvalue weighted by Crippen LogP contribution is 2.50. The van der Waals surface area contributed by atoms with Gasteiger partial charge in [0.1, 0.15) is 6.61 Å². The van der Waals surface area contributed by atoms with E-state index in [0.717, 1.165) is 16.4 Å². The van der Waals surface area contributed by atoms with Crippen molar-refractivity contribution in [3.8, 4) is 0 Å². The number of amides is 2. The number of oxime groups is 1. The van der Waals surface area contributed by atoms with E-state index in [1.165, 1.54) is 18.2 Å². The first kappa shape index (κ1) is 33.4. The summed E-state index contributed by atoms with van der Waals surface area (Å²) in [6.45, 7) is 1.21. The summed E-state index contributed by atoms with van der Waals surface area (Å²) in [4.78, 5) is 29.9. The SMILES string of the molecule is Cc1cc(C2=NOC(c3cc(Cl)c(F)c(Cl)c3)(C(F)(F)F)C2)ccc1C(=O)NC1CN(S(=O)(=O)NC(=O)OCc2ccccc2)C1. The van der Waals surface area contributed by atoms with Crippen LogP contribution in [0.4, 0.5) is 22.4 Å². The highest BCUT2D eigenvalue weighted by molar-refractivity contribution is 7.87. The van der Waals surface area contributed by atoms with Gasteiger partial charge in [0.25, 0.3) is 11.5 Å². The van der Waals surface area contributed by atoms with Crippen molar-refractivity contribution >= 4 is 51.1 Å². The molecule has 2 amide bonds. The van der Waals surface area contributed by atoms with Crippen LogP contribution < -0.4 is 10.0 Å². The lowest BCUT2D eigenvalue weighted by Gasteiger charge is -2.37. The standard InChI is InChI=1S/C29H24Cl2F4N4O6S/c1-16-9-18(24-12-28(45-37-24,29(33,34)35)19-10-22(30)25(32)23(31)11-19)7-8-21(16)26(40)36-20-13-39(14-20)46(42,43)38-27(41)44-15-17-5-3-2-4-6-17/h2-11,20H,12-15H2,1H3,(H,36,40)(H,38,41). The number of hydrogen-bond acceptors (Lipinski definition) is 7. The second-order valence-electron chi connectivity index (χ2n) is 10.6. The van der Waals surface area contributed by atoms with Gasteiger partial charge in [-0.05, 0) is 47.9 Å². The van der Waals surface area contributed by atoms with Gasteiger partial charge in [0.15, 0.2) is 5.82 Å². The molecule has 46 heavy (non-hydrogen) atoms. The highest BCUT2D eigenvalue weighted by atomic mass is 35.5. The lowest BCUT2D eigenvalue weighted by atomic mass is 9.86. The topological polar surface area (TPSA) is 126 Å². The van der Waals surface area contributed by atoms with E-state index in [-0.39, 0.29) is 36.5 Å². The Hall–Kier alpha value is -3.92. The van der Waals surface area contributed by atoms with Gasteiger partial charge in [-0.3, -0.25) is 4.79 Å². The van der Waals surface area contributed by atoms with Crippen LogP contribution >= 0.6 is 23.2 Å². The molecule has 3 aromatic carbocycles. The van der Waals surface area contributed by atoms with E-state index >= 15 is 0 Å². The van der Waals surface area contributed by atoms with Crippen LogP contribution in [-0.4, -0.2) is 55.7 Å². The van der Waals surface area contributed by atoms with Gasteiger partial charge >= 0.3 is 22.5 Å². The number of nitrogens with zero attached hydrogens (tertiary/aromatic N) is 2. The number of ether oxygens (including phenoxy) is 1. The van der Waals surface area contributed by atoms with Crippen LogP contribution in [0.5, 0.6) is 0 Å². The normalized spacial score (nSPS) is 18.7. The number of carbonyl (C=O) groups is 2. The molecule has 0 spiro atoms. The summed E-state index contributed by atoms with van der Waals surface area (Å²) < 4.78 is 89.5. The quantitative estimate of drug-likeness (QED) is 0.232. The van der Waals surface area contributed by atoms with Crippen LogP contribution in [0.2, 0.25) is 10.0 Å². The van der Waals surface area contributed by atoms with E-state index in [9.17, 15) is 35.6 Å². The zero-order valence-corrected chi connectivity index (χ0v) is 26.0. The van der Waals surface area contributed by atoms with Gasteiger partial charge in [-0.15, -0.1) is 0 Å². The van der Waals surface area contributed by atoms with Crippen LogP contribution in [-0.2, 0) is 32.0 Å². The summed E-state index contributed by atoms with van der Waals surface area (Å²) in [6, 6.07) is 13.9. The number of hydrogen-bond donors (Lipinski definition) is 2. The Morgan fingerprint density at radius 2 is 1.74 bits per heavy atom. The van der Waals surface area contributed by atoms with Crippen molar-refractivity contribution in [1.82, 2.24) is 14.3 Å². The Balaban J connectivity index is 1.18. The molecule has 1 fully saturated rings.